The molecule has 0 aliphatic rings. The lowest BCUT2D eigenvalue weighted by Crippen LogP contribution is -1.98. The summed E-state index contributed by atoms with van der Waals surface area (Å²) in [7, 11) is 0. The molecule has 3 N–H and O–H groups in total. The first kappa shape index (κ1) is 9.11. The Morgan fingerprint density at radius 1 is 1.40 bits per heavy atom. The average molecular weight is 138 g/mol. The third-order valence-electron chi connectivity index (χ3n) is 1.18. The van der Waals surface area contributed by atoms with Crippen molar-refractivity contribution in [3.8, 4) is 0 Å². The second kappa shape index (κ2) is 4.94. The molecule has 2 nitrogen and oxygen atoms in total. The molecule has 0 saturated heterocycles. The minimum atomic E-state index is 0.585. The second-order valence-electron chi connectivity index (χ2n) is 2.27. The molecule has 0 radical (unpaired) electrons. The van der Waals surface area contributed by atoms with Gasteiger partial charge in [-0.25, -0.2) is 0 Å². The Hall–Kier alpha value is -0.890. The fourth-order valence-electron chi connectivity index (χ4n) is 0.390. The maximum atomic E-state index is 6.86. The van der Waals surface area contributed by atoms with Crippen LogP contribution in [0.25, 0.3) is 0 Å². The van der Waals surface area contributed by atoms with E-state index >= 15 is 0 Å². The van der Waals surface area contributed by atoms with Crippen molar-refractivity contribution >= 4 is 6.21 Å². The molecule has 0 aromatic carbocycles. The number of allylic oxidation sites excluding steroid dienone is 3. The van der Waals surface area contributed by atoms with Crippen LogP contribution in [0.5, 0.6) is 0 Å². The standard InChI is InChI=1S/C8H14N2/c1-7(5-9)3-4-8(2)6-10/h3-5,9H,6,10H2,1-2H3. The molecule has 0 aliphatic heterocycles. The molecule has 0 unspecified atom stereocenters. The summed E-state index contributed by atoms with van der Waals surface area (Å²) in [4.78, 5) is 0. The Kier molecular flexibility index (Phi) is 4.50. The van der Waals surface area contributed by atoms with E-state index in [-0.39, 0.29) is 0 Å². The highest BCUT2D eigenvalue weighted by Gasteiger charge is 1.80. The van der Waals surface area contributed by atoms with Gasteiger partial charge in [0.15, 0.2) is 0 Å². The first-order valence-corrected chi connectivity index (χ1v) is 3.25. The van der Waals surface area contributed by atoms with Crippen LogP contribution in [0, 0.1) is 5.41 Å². The van der Waals surface area contributed by atoms with Crippen molar-refractivity contribution < 1.29 is 0 Å². The summed E-state index contributed by atoms with van der Waals surface area (Å²) in [6.07, 6.45) is 5.13. The van der Waals surface area contributed by atoms with Crippen LogP contribution in [0.3, 0.4) is 0 Å². The van der Waals surface area contributed by atoms with Gasteiger partial charge < -0.3 is 11.1 Å². The van der Waals surface area contributed by atoms with E-state index in [4.69, 9.17) is 11.1 Å². The SMILES string of the molecule is CC(C=N)=CC=C(C)CN. The molecule has 0 saturated carbocycles. The second-order valence-corrected chi connectivity index (χ2v) is 2.27. The maximum Gasteiger partial charge on any atom is 0.0207 e. The quantitative estimate of drug-likeness (QED) is 0.450. The van der Waals surface area contributed by atoms with Gasteiger partial charge in [-0.2, -0.15) is 0 Å². The maximum absolute atomic E-state index is 6.86. The van der Waals surface area contributed by atoms with Gasteiger partial charge in [0.05, 0.1) is 0 Å². The van der Waals surface area contributed by atoms with Crippen LogP contribution in [-0.2, 0) is 0 Å². The zero-order chi connectivity index (χ0) is 7.98. The molecule has 56 valence electrons. The molecular formula is C8H14N2. The summed E-state index contributed by atoms with van der Waals surface area (Å²) in [5.41, 5.74) is 7.41. The van der Waals surface area contributed by atoms with Gasteiger partial charge in [0.25, 0.3) is 0 Å². The van der Waals surface area contributed by atoms with Crippen LogP contribution in [-0.4, -0.2) is 12.8 Å². The summed E-state index contributed by atoms with van der Waals surface area (Å²) in [6, 6.07) is 0. The van der Waals surface area contributed by atoms with Crippen molar-refractivity contribution in [3.05, 3.63) is 23.3 Å². The largest absolute Gasteiger partial charge is 0.327 e. The third kappa shape index (κ3) is 4.04. The zero-order valence-corrected chi connectivity index (χ0v) is 6.52. The summed E-state index contributed by atoms with van der Waals surface area (Å²) in [6.45, 7) is 4.43. The molecule has 2 heteroatoms. The Labute approximate surface area is 61.9 Å². The number of nitrogens with two attached hydrogens (primary N) is 1. The van der Waals surface area contributed by atoms with E-state index in [2.05, 4.69) is 0 Å². The van der Waals surface area contributed by atoms with Crippen LogP contribution >= 0.6 is 0 Å². The van der Waals surface area contributed by atoms with E-state index < -0.39 is 0 Å². The molecule has 0 aliphatic carbocycles. The Morgan fingerprint density at radius 2 is 2.00 bits per heavy atom. The first-order valence-electron chi connectivity index (χ1n) is 3.25. The van der Waals surface area contributed by atoms with E-state index in [1.54, 1.807) is 0 Å². The molecule has 0 bridgehead atoms. The van der Waals surface area contributed by atoms with E-state index in [9.17, 15) is 0 Å². The van der Waals surface area contributed by atoms with Crippen molar-refractivity contribution in [3.63, 3.8) is 0 Å². The number of hydrogen-bond acceptors (Lipinski definition) is 2. The normalized spacial score (nSPS) is 13.5. The van der Waals surface area contributed by atoms with Crippen LogP contribution in [0.1, 0.15) is 13.8 Å². The van der Waals surface area contributed by atoms with Gasteiger partial charge in [0, 0.05) is 12.8 Å². The minimum absolute atomic E-state index is 0.585. The minimum Gasteiger partial charge on any atom is -0.327 e. The molecule has 0 aromatic heterocycles. The summed E-state index contributed by atoms with van der Waals surface area (Å²) in [5.74, 6) is 0. The first-order chi connectivity index (χ1) is 4.70. The van der Waals surface area contributed by atoms with Crippen LogP contribution < -0.4 is 5.73 Å². The van der Waals surface area contributed by atoms with Gasteiger partial charge in [-0.1, -0.05) is 17.7 Å². The Balaban J connectivity index is 4.03. The number of hydrogen-bond donors (Lipinski definition) is 2. The highest BCUT2D eigenvalue weighted by molar-refractivity contribution is 5.75. The van der Waals surface area contributed by atoms with Gasteiger partial charge in [-0.3, -0.25) is 0 Å². The predicted molar refractivity (Wildman–Crippen MR) is 45.4 cm³/mol. The van der Waals surface area contributed by atoms with Gasteiger partial charge >= 0.3 is 0 Å². The smallest absolute Gasteiger partial charge is 0.0207 e. The molecule has 0 spiro atoms. The highest BCUT2D eigenvalue weighted by Crippen LogP contribution is 1.92. The van der Waals surface area contributed by atoms with E-state index in [0.717, 1.165) is 11.1 Å². The van der Waals surface area contributed by atoms with Crippen molar-refractivity contribution in [1.82, 2.24) is 0 Å². The molecule has 0 amide bonds. The monoisotopic (exact) mass is 138 g/mol. The molecule has 0 fully saturated rings. The van der Waals surface area contributed by atoms with Crippen molar-refractivity contribution in [2.75, 3.05) is 6.54 Å². The van der Waals surface area contributed by atoms with Gasteiger partial charge in [0.1, 0.15) is 0 Å². The van der Waals surface area contributed by atoms with Crippen molar-refractivity contribution in [2.24, 2.45) is 5.73 Å². The molecule has 0 atom stereocenters. The topological polar surface area (TPSA) is 49.9 Å². The molecule has 0 aromatic rings. The fourth-order valence-corrected chi connectivity index (χ4v) is 0.390. The van der Waals surface area contributed by atoms with Gasteiger partial charge in [-0.15, -0.1) is 0 Å². The van der Waals surface area contributed by atoms with Crippen LogP contribution in [0.4, 0.5) is 0 Å². The predicted octanol–water partition coefficient (Wildman–Crippen LogP) is 1.49. The van der Waals surface area contributed by atoms with Gasteiger partial charge in [-0.05, 0) is 19.4 Å². The number of nitrogens with one attached hydrogen (secondary N) is 1. The molecule has 10 heavy (non-hydrogen) atoms. The van der Waals surface area contributed by atoms with Crippen molar-refractivity contribution in [2.45, 2.75) is 13.8 Å². The van der Waals surface area contributed by atoms with Gasteiger partial charge in [0.2, 0.25) is 0 Å². The summed E-state index contributed by atoms with van der Waals surface area (Å²) < 4.78 is 0. The van der Waals surface area contributed by atoms with E-state index in [1.165, 1.54) is 6.21 Å². The summed E-state index contributed by atoms with van der Waals surface area (Å²) >= 11 is 0. The molecule has 0 heterocycles. The highest BCUT2D eigenvalue weighted by atomic mass is 14.5. The Bertz CT molecular complexity index is 166. The fraction of sp³-hybridized carbons (Fsp3) is 0.375. The van der Waals surface area contributed by atoms with E-state index in [0.29, 0.717) is 6.54 Å². The lowest BCUT2D eigenvalue weighted by molar-refractivity contribution is 1.14. The summed E-state index contributed by atoms with van der Waals surface area (Å²) in [5, 5.41) is 6.86. The number of rotatable bonds is 3. The third-order valence-corrected chi connectivity index (χ3v) is 1.18. The lowest BCUT2D eigenvalue weighted by atomic mass is 10.2. The Morgan fingerprint density at radius 3 is 2.40 bits per heavy atom. The average Bonchev–Trinajstić information content (AvgIpc) is 1.99. The van der Waals surface area contributed by atoms with Crippen molar-refractivity contribution in [1.29, 1.82) is 5.41 Å². The molecule has 0 rings (SSSR count). The lowest BCUT2D eigenvalue weighted by Gasteiger charge is -1.90. The van der Waals surface area contributed by atoms with Crippen LogP contribution in [0.15, 0.2) is 23.3 Å². The zero-order valence-electron chi connectivity index (χ0n) is 6.52. The molecular weight excluding hydrogens is 124 g/mol. The van der Waals surface area contributed by atoms with Crippen LogP contribution in [0.2, 0.25) is 0 Å². The van der Waals surface area contributed by atoms with E-state index in [1.807, 2.05) is 26.0 Å².